The number of aromatic nitrogens is 1. The Balaban J connectivity index is 2.52. The van der Waals surface area contributed by atoms with Gasteiger partial charge in [0.05, 0.1) is 6.61 Å². The molecule has 0 fully saturated rings. The van der Waals surface area contributed by atoms with Gasteiger partial charge in [0.2, 0.25) is 0 Å². The Morgan fingerprint density at radius 2 is 2.17 bits per heavy atom. The summed E-state index contributed by atoms with van der Waals surface area (Å²) in [5, 5.41) is 9.93. The van der Waals surface area contributed by atoms with Crippen LogP contribution in [0.2, 0.25) is 0 Å². The number of fused-ring (bicyclic) bond motifs is 1. The lowest BCUT2D eigenvalue weighted by Crippen LogP contribution is -2.23. The Kier molecular flexibility index (Phi) is 3.32. The number of benzene rings is 1. The van der Waals surface area contributed by atoms with Gasteiger partial charge in [-0.15, -0.1) is 0 Å². The number of rotatable bonds is 4. The molecule has 0 aliphatic carbocycles. The number of carboxylic acids is 1. The lowest BCUT2D eigenvalue weighted by Gasteiger charge is -2.06. The molecule has 5 heteroatoms. The van der Waals surface area contributed by atoms with Crippen LogP contribution in [0.5, 0.6) is 5.75 Å². The summed E-state index contributed by atoms with van der Waals surface area (Å²) in [6.07, 6.45) is 1.48. The van der Waals surface area contributed by atoms with Gasteiger partial charge >= 0.3 is 5.97 Å². The molecule has 0 saturated heterocycles. The number of pyridine rings is 1. The topological polar surface area (TPSA) is 68.5 Å². The van der Waals surface area contributed by atoms with Gasteiger partial charge in [-0.3, -0.25) is 9.59 Å². The molecule has 0 saturated carbocycles. The van der Waals surface area contributed by atoms with Crippen molar-refractivity contribution in [2.75, 3.05) is 6.61 Å². The van der Waals surface area contributed by atoms with Crippen molar-refractivity contribution in [1.29, 1.82) is 0 Å². The third-order valence-corrected chi connectivity index (χ3v) is 2.56. The molecule has 0 aliphatic rings. The maximum atomic E-state index is 12.0. The van der Waals surface area contributed by atoms with Crippen molar-refractivity contribution in [2.45, 2.75) is 13.5 Å². The minimum Gasteiger partial charge on any atom is -0.494 e. The molecule has 2 aromatic rings. The Bertz CT molecular complexity index is 645. The van der Waals surface area contributed by atoms with Crippen LogP contribution in [0.1, 0.15) is 6.92 Å². The molecule has 1 N–H and O–H groups in total. The highest BCUT2D eigenvalue weighted by Gasteiger charge is 2.06. The smallest absolute Gasteiger partial charge is 0.323 e. The van der Waals surface area contributed by atoms with Crippen LogP contribution in [0.15, 0.2) is 35.3 Å². The van der Waals surface area contributed by atoms with E-state index < -0.39 is 5.97 Å². The monoisotopic (exact) mass is 247 g/mol. The summed E-state index contributed by atoms with van der Waals surface area (Å²) >= 11 is 0. The molecule has 0 atom stereocenters. The van der Waals surface area contributed by atoms with Crippen molar-refractivity contribution in [3.05, 3.63) is 40.8 Å². The summed E-state index contributed by atoms with van der Waals surface area (Å²) in [6, 6.07) is 6.84. The highest BCUT2D eigenvalue weighted by Crippen LogP contribution is 2.18. The molecule has 94 valence electrons. The van der Waals surface area contributed by atoms with E-state index in [2.05, 4.69) is 0 Å². The second-order valence-corrected chi connectivity index (χ2v) is 3.82. The molecule has 1 aromatic carbocycles. The van der Waals surface area contributed by atoms with Gasteiger partial charge in [-0.25, -0.2) is 0 Å². The van der Waals surface area contributed by atoms with E-state index in [1.165, 1.54) is 10.8 Å². The average molecular weight is 247 g/mol. The van der Waals surface area contributed by atoms with E-state index in [1.807, 2.05) is 6.92 Å². The third-order valence-electron chi connectivity index (χ3n) is 2.56. The van der Waals surface area contributed by atoms with Crippen LogP contribution in [-0.4, -0.2) is 22.2 Å². The zero-order valence-electron chi connectivity index (χ0n) is 9.92. The lowest BCUT2D eigenvalue weighted by atomic mass is 10.1. The Morgan fingerprint density at radius 1 is 1.39 bits per heavy atom. The largest absolute Gasteiger partial charge is 0.494 e. The highest BCUT2D eigenvalue weighted by molar-refractivity contribution is 5.83. The standard InChI is InChI=1S/C13H13NO4/c1-2-18-10-3-4-11-9(7-10)5-6-14(13(11)17)8-12(15)16/h3-7H,2,8H2,1H3,(H,15,16). The Labute approximate surface area is 103 Å². The third kappa shape index (κ3) is 2.34. The molecule has 0 radical (unpaired) electrons. The van der Waals surface area contributed by atoms with Crippen molar-refractivity contribution < 1.29 is 14.6 Å². The van der Waals surface area contributed by atoms with Crippen LogP contribution in [-0.2, 0) is 11.3 Å². The van der Waals surface area contributed by atoms with Crippen LogP contribution in [0.3, 0.4) is 0 Å². The van der Waals surface area contributed by atoms with Crippen molar-refractivity contribution in [1.82, 2.24) is 4.57 Å². The van der Waals surface area contributed by atoms with Crippen molar-refractivity contribution >= 4 is 16.7 Å². The molecule has 0 amide bonds. The van der Waals surface area contributed by atoms with Gasteiger partial charge in [0.1, 0.15) is 12.3 Å². The summed E-state index contributed by atoms with van der Waals surface area (Å²) in [5.41, 5.74) is -0.307. The predicted octanol–water partition coefficient (Wildman–Crippen LogP) is 1.48. The minimum absolute atomic E-state index is 0.307. The maximum Gasteiger partial charge on any atom is 0.323 e. The minimum atomic E-state index is -1.04. The van der Waals surface area contributed by atoms with Gasteiger partial charge in [0, 0.05) is 11.6 Å². The summed E-state index contributed by atoms with van der Waals surface area (Å²) in [4.78, 5) is 22.6. The van der Waals surface area contributed by atoms with Gasteiger partial charge in [-0.2, -0.15) is 0 Å². The van der Waals surface area contributed by atoms with Gasteiger partial charge in [-0.05, 0) is 36.6 Å². The molecule has 0 spiro atoms. The van der Waals surface area contributed by atoms with Crippen LogP contribution in [0.25, 0.3) is 10.8 Å². The number of ether oxygens (including phenoxy) is 1. The van der Waals surface area contributed by atoms with Gasteiger partial charge in [-0.1, -0.05) is 0 Å². The lowest BCUT2D eigenvalue weighted by molar-refractivity contribution is -0.137. The fourth-order valence-electron chi connectivity index (χ4n) is 1.79. The molecule has 18 heavy (non-hydrogen) atoms. The van der Waals surface area contributed by atoms with E-state index in [1.54, 1.807) is 24.3 Å². The molecular weight excluding hydrogens is 234 g/mol. The molecule has 0 bridgehead atoms. The number of carbonyl (C=O) groups is 1. The van der Waals surface area contributed by atoms with Crippen LogP contribution in [0.4, 0.5) is 0 Å². The quantitative estimate of drug-likeness (QED) is 0.888. The fourth-order valence-corrected chi connectivity index (χ4v) is 1.79. The number of aliphatic carboxylic acids is 1. The van der Waals surface area contributed by atoms with E-state index >= 15 is 0 Å². The summed E-state index contributed by atoms with van der Waals surface area (Å²) in [7, 11) is 0. The van der Waals surface area contributed by atoms with E-state index in [0.717, 1.165) is 5.39 Å². The predicted molar refractivity (Wildman–Crippen MR) is 67.0 cm³/mol. The highest BCUT2D eigenvalue weighted by atomic mass is 16.5. The maximum absolute atomic E-state index is 12.0. The Hall–Kier alpha value is -2.30. The average Bonchev–Trinajstić information content (AvgIpc) is 2.33. The second kappa shape index (κ2) is 4.91. The first kappa shape index (κ1) is 12.2. The van der Waals surface area contributed by atoms with Crippen molar-refractivity contribution in [3.63, 3.8) is 0 Å². The van der Waals surface area contributed by atoms with Crippen LogP contribution >= 0.6 is 0 Å². The zero-order valence-corrected chi connectivity index (χ0v) is 9.92. The molecule has 2 rings (SSSR count). The van der Waals surface area contributed by atoms with E-state index in [9.17, 15) is 9.59 Å². The van der Waals surface area contributed by atoms with Crippen LogP contribution in [0, 0.1) is 0 Å². The number of hydrogen-bond donors (Lipinski definition) is 1. The van der Waals surface area contributed by atoms with E-state index in [0.29, 0.717) is 17.7 Å². The van der Waals surface area contributed by atoms with E-state index in [-0.39, 0.29) is 12.1 Å². The van der Waals surface area contributed by atoms with Gasteiger partial charge in [0.25, 0.3) is 5.56 Å². The zero-order chi connectivity index (χ0) is 13.1. The number of carboxylic acid groups (broad SMARTS) is 1. The Morgan fingerprint density at radius 3 is 2.83 bits per heavy atom. The number of hydrogen-bond acceptors (Lipinski definition) is 3. The van der Waals surface area contributed by atoms with Gasteiger partial charge < -0.3 is 14.4 Å². The number of nitrogens with zero attached hydrogens (tertiary/aromatic N) is 1. The summed E-state index contributed by atoms with van der Waals surface area (Å²) in [6.45, 7) is 2.11. The molecule has 5 nitrogen and oxygen atoms in total. The fraction of sp³-hybridized carbons (Fsp3) is 0.231. The van der Waals surface area contributed by atoms with Crippen LogP contribution < -0.4 is 10.3 Å². The second-order valence-electron chi connectivity index (χ2n) is 3.82. The molecule has 1 aromatic heterocycles. The first-order valence-corrected chi connectivity index (χ1v) is 5.59. The van der Waals surface area contributed by atoms with Crippen molar-refractivity contribution in [2.24, 2.45) is 0 Å². The SMILES string of the molecule is CCOc1ccc2c(=O)n(CC(=O)O)ccc2c1. The summed E-state index contributed by atoms with van der Waals surface area (Å²) in [5.74, 6) is -0.345. The van der Waals surface area contributed by atoms with E-state index in [4.69, 9.17) is 9.84 Å². The first-order chi connectivity index (χ1) is 8.61. The van der Waals surface area contributed by atoms with Crippen molar-refractivity contribution in [3.8, 4) is 5.75 Å². The molecule has 0 aliphatic heterocycles. The summed E-state index contributed by atoms with van der Waals surface area (Å²) < 4.78 is 6.52. The van der Waals surface area contributed by atoms with Gasteiger partial charge in [0.15, 0.2) is 0 Å². The first-order valence-electron chi connectivity index (χ1n) is 5.59. The molecular formula is C13H13NO4. The molecule has 1 heterocycles. The molecule has 0 unspecified atom stereocenters. The normalized spacial score (nSPS) is 10.5.